The molecule has 6 nitrogen and oxygen atoms in total. The van der Waals surface area contributed by atoms with Crippen LogP contribution in [-0.4, -0.2) is 55.1 Å². The highest BCUT2D eigenvalue weighted by Crippen LogP contribution is 2.20. The molecular formula is C20H28N6. The third-order valence-corrected chi connectivity index (χ3v) is 5.17. The van der Waals surface area contributed by atoms with E-state index in [2.05, 4.69) is 75.5 Å². The highest BCUT2D eigenvalue weighted by molar-refractivity contribution is 5.75. The fourth-order valence-corrected chi connectivity index (χ4v) is 3.54. The van der Waals surface area contributed by atoms with E-state index in [9.17, 15) is 0 Å². The van der Waals surface area contributed by atoms with E-state index >= 15 is 0 Å². The molecule has 2 aliphatic heterocycles. The van der Waals surface area contributed by atoms with E-state index in [0.717, 1.165) is 39.3 Å². The lowest BCUT2D eigenvalue weighted by Gasteiger charge is -2.37. The second-order valence-electron chi connectivity index (χ2n) is 7.24. The van der Waals surface area contributed by atoms with Crippen molar-refractivity contribution in [3.8, 4) is 0 Å². The van der Waals surface area contributed by atoms with Crippen molar-refractivity contribution in [3.63, 3.8) is 0 Å². The van der Waals surface area contributed by atoms with Crippen molar-refractivity contribution in [2.45, 2.75) is 26.4 Å². The number of azide groups is 1. The van der Waals surface area contributed by atoms with Crippen LogP contribution >= 0.6 is 0 Å². The lowest BCUT2D eigenvalue weighted by molar-refractivity contribution is 0.101. The molecule has 1 atom stereocenters. The minimum atomic E-state index is 0.321. The Morgan fingerprint density at radius 3 is 2.58 bits per heavy atom. The summed E-state index contributed by atoms with van der Waals surface area (Å²) in [4.78, 5) is 7.77. The Bertz CT molecular complexity index is 706. The first-order chi connectivity index (χ1) is 12.7. The van der Waals surface area contributed by atoms with Gasteiger partial charge in [-0.1, -0.05) is 41.0 Å². The van der Waals surface area contributed by atoms with E-state index < -0.39 is 0 Å². The highest BCUT2D eigenvalue weighted by Gasteiger charge is 2.20. The molecule has 1 unspecified atom stereocenters. The van der Waals surface area contributed by atoms with Gasteiger partial charge in [-0.15, -0.1) is 0 Å². The average Bonchev–Trinajstić information content (AvgIpc) is 2.67. The summed E-state index contributed by atoms with van der Waals surface area (Å²) in [6.07, 6.45) is 4.35. The zero-order valence-electron chi connectivity index (χ0n) is 15.7. The maximum Gasteiger partial charge on any atom is 0.0411 e. The molecule has 0 spiro atoms. The number of allylic oxidation sites excluding steroid dienone is 2. The summed E-state index contributed by atoms with van der Waals surface area (Å²) >= 11 is 0. The Balaban J connectivity index is 1.51. The molecule has 6 heteroatoms. The molecule has 0 aromatic heterocycles. The molecule has 0 amide bonds. The first-order valence-electron chi connectivity index (χ1n) is 9.33. The van der Waals surface area contributed by atoms with Crippen LogP contribution in [0.5, 0.6) is 0 Å². The molecule has 1 fully saturated rings. The number of nitrogens with zero attached hydrogens (tertiary/aromatic N) is 5. The monoisotopic (exact) mass is 352 g/mol. The van der Waals surface area contributed by atoms with Crippen molar-refractivity contribution in [1.82, 2.24) is 15.1 Å². The van der Waals surface area contributed by atoms with Crippen molar-refractivity contribution >= 4 is 5.57 Å². The van der Waals surface area contributed by atoms with Crippen LogP contribution in [0, 0.1) is 0 Å². The van der Waals surface area contributed by atoms with Gasteiger partial charge in [-0.2, -0.15) is 0 Å². The third kappa shape index (κ3) is 4.88. The Labute approximate surface area is 155 Å². The predicted molar refractivity (Wildman–Crippen MR) is 107 cm³/mol. The first-order valence-corrected chi connectivity index (χ1v) is 9.33. The normalized spacial score (nSPS) is 19.8. The summed E-state index contributed by atoms with van der Waals surface area (Å²) in [5.41, 5.74) is 13.7. The summed E-state index contributed by atoms with van der Waals surface area (Å²) in [6, 6.07) is 9.24. The van der Waals surface area contributed by atoms with Crippen molar-refractivity contribution in [2.24, 2.45) is 5.11 Å². The van der Waals surface area contributed by atoms with Gasteiger partial charge < -0.3 is 5.32 Å². The van der Waals surface area contributed by atoms with E-state index in [-0.39, 0.29) is 0 Å². The second kappa shape index (κ2) is 8.90. The van der Waals surface area contributed by atoms with E-state index in [0.29, 0.717) is 12.6 Å². The van der Waals surface area contributed by atoms with Gasteiger partial charge in [0.2, 0.25) is 0 Å². The van der Waals surface area contributed by atoms with Crippen LogP contribution in [0.15, 0.2) is 47.2 Å². The van der Waals surface area contributed by atoms with E-state index in [4.69, 9.17) is 5.53 Å². The van der Waals surface area contributed by atoms with Gasteiger partial charge in [0.05, 0.1) is 0 Å². The molecule has 2 aliphatic rings. The molecule has 1 saturated heterocycles. The van der Waals surface area contributed by atoms with Crippen molar-refractivity contribution in [3.05, 3.63) is 63.7 Å². The Morgan fingerprint density at radius 1 is 1.19 bits per heavy atom. The van der Waals surface area contributed by atoms with Gasteiger partial charge in [0.25, 0.3) is 0 Å². The molecule has 26 heavy (non-hydrogen) atoms. The number of rotatable bonds is 6. The minimum absolute atomic E-state index is 0.321. The maximum absolute atomic E-state index is 8.46. The van der Waals surface area contributed by atoms with Crippen LogP contribution in [-0.2, 0) is 6.54 Å². The van der Waals surface area contributed by atoms with E-state index in [1.165, 1.54) is 22.3 Å². The molecule has 0 aliphatic carbocycles. The van der Waals surface area contributed by atoms with Crippen LogP contribution in [0.3, 0.4) is 0 Å². The standard InChI is InChI=1S/C20H28N6/c1-16-11-20(14-22-12-16)19-5-3-18(4-6-19)15-25-7-9-26(10-8-25)17(2)13-23-24-21/h3-6,11,14,17,22H,7-10,12-13,15H2,1-2H3. The van der Waals surface area contributed by atoms with Crippen LogP contribution in [0.4, 0.5) is 0 Å². The molecule has 138 valence electrons. The Hall–Kier alpha value is -2.27. The summed E-state index contributed by atoms with van der Waals surface area (Å²) in [5.74, 6) is 0. The van der Waals surface area contributed by atoms with Crippen LogP contribution < -0.4 is 5.32 Å². The quantitative estimate of drug-likeness (QED) is 0.485. The molecule has 3 rings (SSSR count). The molecule has 1 aromatic rings. The fourth-order valence-electron chi connectivity index (χ4n) is 3.54. The summed E-state index contributed by atoms with van der Waals surface area (Å²) in [6.45, 7) is 10.9. The van der Waals surface area contributed by atoms with Gasteiger partial charge in [0, 0.05) is 63.0 Å². The SMILES string of the molecule is CC1=CC(c2ccc(CN3CCN(C(C)CN=[N+]=[N-])CC3)cc2)=CNC1. The first kappa shape index (κ1) is 18.5. The number of nitrogens with one attached hydrogen (secondary N) is 1. The maximum atomic E-state index is 8.46. The zero-order valence-corrected chi connectivity index (χ0v) is 15.7. The molecule has 1 N–H and O–H groups in total. The number of piperazine rings is 1. The largest absolute Gasteiger partial charge is 0.387 e. The van der Waals surface area contributed by atoms with E-state index in [1.807, 2.05) is 0 Å². The van der Waals surface area contributed by atoms with Crippen molar-refractivity contribution < 1.29 is 0 Å². The van der Waals surface area contributed by atoms with Crippen LogP contribution in [0.2, 0.25) is 0 Å². The lowest BCUT2D eigenvalue weighted by atomic mass is 10.0. The smallest absolute Gasteiger partial charge is 0.0411 e. The van der Waals surface area contributed by atoms with Crippen molar-refractivity contribution in [1.29, 1.82) is 0 Å². The fraction of sp³-hybridized carbons (Fsp3) is 0.500. The van der Waals surface area contributed by atoms with Crippen LogP contribution in [0.25, 0.3) is 16.0 Å². The van der Waals surface area contributed by atoms with Gasteiger partial charge >= 0.3 is 0 Å². The zero-order chi connectivity index (χ0) is 18.4. The minimum Gasteiger partial charge on any atom is -0.387 e. The van der Waals surface area contributed by atoms with Gasteiger partial charge in [0.15, 0.2) is 0 Å². The van der Waals surface area contributed by atoms with Crippen LogP contribution in [0.1, 0.15) is 25.0 Å². The molecular weight excluding hydrogens is 324 g/mol. The van der Waals surface area contributed by atoms with Gasteiger partial charge in [-0.25, -0.2) is 0 Å². The van der Waals surface area contributed by atoms with Gasteiger partial charge in [-0.05, 0) is 36.1 Å². The average molecular weight is 352 g/mol. The topological polar surface area (TPSA) is 67.3 Å². The number of dihydropyridines is 1. The third-order valence-electron chi connectivity index (χ3n) is 5.17. The Kier molecular flexibility index (Phi) is 6.34. The number of hydrogen-bond donors (Lipinski definition) is 1. The molecule has 0 bridgehead atoms. The second-order valence-corrected chi connectivity index (χ2v) is 7.24. The van der Waals surface area contributed by atoms with Crippen molar-refractivity contribution in [2.75, 3.05) is 39.3 Å². The summed E-state index contributed by atoms with van der Waals surface area (Å²) in [5, 5.41) is 7.02. The lowest BCUT2D eigenvalue weighted by Crippen LogP contribution is -2.49. The van der Waals surface area contributed by atoms with Gasteiger partial charge in [-0.3, -0.25) is 9.80 Å². The molecule has 0 saturated carbocycles. The molecule has 0 radical (unpaired) electrons. The van der Waals surface area contributed by atoms with Gasteiger partial charge in [0.1, 0.15) is 0 Å². The Morgan fingerprint density at radius 2 is 1.92 bits per heavy atom. The highest BCUT2D eigenvalue weighted by atomic mass is 15.3. The predicted octanol–water partition coefficient (Wildman–Crippen LogP) is 3.39. The molecule has 2 heterocycles. The van der Waals surface area contributed by atoms with E-state index in [1.54, 1.807) is 0 Å². The summed E-state index contributed by atoms with van der Waals surface area (Å²) < 4.78 is 0. The summed E-state index contributed by atoms with van der Waals surface area (Å²) in [7, 11) is 0. The number of benzene rings is 1. The number of hydrogen-bond acceptors (Lipinski definition) is 4. The molecule has 1 aromatic carbocycles.